The first kappa shape index (κ1) is 11.0. The van der Waals surface area contributed by atoms with E-state index >= 15 is 0 Å². The van der Waals surface area contributed by atoms with Crippen LogP contribution in [0.15, 0.2) is 0 Å². The second-order valence-corrected chi connectivity index (χ2v) is 4.17. The molecule has 1 unspecified atom stereocenters. The highest BCUT2D eigenvalue weighted by molar-refractivity contribution is 4.86. The van der Waals surface area contributed by atoms with Gasteiger partial charge in [0, 0.05) is 12.6 Å². The minimum absolute atomic E-state index is 0.541. The summed E-state index contributed by atoms with van der Waals surface area (Å²) in [5.74, 6) is 0.811. The highest BCUT2D eigenvalue weighted by Crippen LogP contribution is 2.23. The van der Waals surface area contributed by atoms with Crippen LogP contribution in [0.1, 0.15) is 40.0 Å². The van der Waals surface area contributed by atoms with Gasteiger partial charge in [-0.2, -0.15) is 0 Å². The molecule has 1 aliphatic rings. The van der Waals surface area contributed by atoms with Crippen LogP contribution in [0.2, 0.25) is 0 Å². The molecular weight excluding hydrogens is 162 g/mol. The van der Waals surface area contributed by atoms with E-state index in [9.17, 15) is 0 Å². The van der Waals surface area contributed by atoms with E-state index in [-0.39, 0.29) is 0 Å². The van der Waals surface area contributed by atoms with Gasteiger partial charge in [0.15, 0.2) is 0 Å². The van der Waals surface area contributed by atoms with Crippen LogP contribution in [-0.4, -0.2) is 25.3 Å². The summed E-state index contributed by atoms with van der Waals surface area (Å²) in [6.45, 7) is 8.64. The van der Waals surface area contributed by atoms with Crippen molar-refractivity contribution in [1.29, 1.82) is 0 Å². The highest BCUT2D eigenvalue weighted by Gasteiger charge is 2.28. The van der Waals surface area contributed by atoms with Crippen LogP contribution in [-0.2, 0) is 4.74 Å². The molecule has 0 aromatic carbocycles. The summed E-state index contributed by atoms with van der Waals surface area (Å²) in [7, 11) is 0. The smallest absolute Gasteiger partial charge is 0.0604 e. The average Bonchev–Trinajstić information content (AvgIpc) is 2.08. The fraction of sp³-hybridized carbons (Fsp3) is 1.00. The zero-order chi connectivity index (χ0) is 9.68. The monoisotopic (exact) mass is 185 g/mol. The summed E-state index contributed by atoms with van der Waals surface area (Å²) < 4.78 is 5.50. The Morgan fingerprint density at radius 1 is 1.38 bits per heavy atom. The number of ether oxygens (including phenoxy) is 1. The maximum Gasteiger partial charge on any atom is 0.0604 e. The number of rotatable bonds is 6. The average molecular weight is 185 g/mol. The fourth-order valence-corrected chi connectivity index (χ4v) is 1.62. The molecule has 1 aliphatic carbocycles. The summed E-state index contributed by atoms with van der Waals surface area (Å²) >= 11 is 0. The van der Waals surface area contributed by atoms with Gasteiger partial charge in [-0.15, -0.1) is 0 Å². The first-order valence-corrected chi connectivity index (χ1v) is 5.61. The first-order valence-electron chi connectivity index (χ1n) is 5.61. The Balaban J connectivity index is 1.95. The molecule has 0 aromatic heterocycles. The molecule has 0 radical (unpaired) electrons. The fourth-order valence-electron chi connectivity index (χ4n) is 1.62. The van der Waals surface area contributed by atoms with Gasteiger partial charge >= 0.3 is 0 Å². The van der Waals surface area contributed by atoms with E-state index in [0.717, 1.165) is 18.6 Å². The maximum atomic E-state index is 5.50. The van der Waals surface area contributed by atoms with Crippen LogP contribution in [0.25, 0.3) is 0 Å². The Morgan fingerprint density at radius 2 is 2.08 bits per heavy atom. The third-order valence-corrected chi connectivity index (χ3v) is 2.95. The lowest BCUT2D eigenvalue weighted by Gasteiger charge is -2.36. The van der Waals surface area contributed by atoms with Crippen LogP contribution in [0.3, 0.4) is 0 Å². The van der Waals surface area contributed by atoms with Crippen molar-refractivity contribution in [3.05, 3.63) is 0 Å². The van der Waals surface area contributed by atoms with Gasteiger partial charge in [-0.1, -0.05) is 20.3 Å². The Bertz CT molecular complexity index is 132. The second-order valence-electron chi connectivity index (χ2n) is 4.17. The Morgan fingerprint density at radius 3 is 2.62 bits per heavy atom. The van der Waals surface area contributed by atoms with Crippen molar-refractivity contribution in [3.8, 4) is 0 Å². The van der Waals surface area contributed by atoms with Gasteiger partial charge < -0.3 is 10.1 Å². The standard InChI is InChI=1S/C11H23NO/c1-4-9(3)8-12-10-6-11(7-10)13-5-2/h9-12H,4-8H2,1-3H3. The molecule has 1 atom stereocenters. The molecule has 0 amide bonds. The van der Waals surface area contributed by atoms with Gasteiger partial charge in [0.2, 0.25) is 0 Å². The molecule has 1 saturated carbocycles. The third-order valence-electron chi connectivity index (χ3n) is 2.95. The molecular formula is C11H23NO. The van der Waals surface area contributed by atoms with Crippen molar-refractivity contribution in [2.45, 2.75) is 52.2 Å². The largest absolute Gasteiger partial charge is 0.378 e. The molecule has 0 spiro atoms. The van der Waals surface area contributed by atoms with E-state index in [4.69, 9.17) is 4.74 Å². The topological polar surface area (TPSA) is 21.3 Å². The SMILES string of the molecule is CCOC1CC(NCC(C)CC)C1. The van der Waals surface area contributed by atoms with E-state index < -0.39 is 0 Å². The van der Waals surface area contributed by atoms with Gasteiger partial charge in [-0.25, -0.2) is 0 Å². The molecule has 0 saturated heterocycles. The number of nitrogens with one attached hydrogen (secondary N) is 1. The van der Waals surface area contributed by atoms with E-state index in [0.29, 0.717) is 6.10 Å². The van der Waals surface area contributed by atoms with E-state index in [2.05, 4.69) is 26.1 Å². The van der Waals surface area contributed by atoms with Crippen LogP contribution >= 0.6 is 0 Å². The molecule has 2 heteroatoms. The predicted octanol–water partition coefficient (Wildman–Crippen LogP) is 2.19. The van der Waals surface area contributed by atoms with Crippen LogP contribution in [0, 0.1) is 5.92 Å². The van der Waals surface area contributed by atoms with Gasteiger partial charge in [-0.3, -0.25) is 0 Å². The molecule has 1 fully saturated rings. The van der Waals surface area contributed by atoms with Crippen molar-refractivity contribution in [2.24, 2.45) is 5.92 Å². The van der Waals surface area contributed by atoms with E-state index in [1.165, 1.54) is 25.8 Å². The summed E-state index contributed by atoms with van der Waals surface area (Å²) in [5.41, 5.74) is 0. The molecule has 2 nitrogen and oxygen atoms in total. The lowest BCUT2D eigenvalue weighted by atomic mass is 9.89. The molecule has 1 rings (SSSR count). The highest BCUT2D eigenvalue weighted by atomic mass is 16.5. The molecule has 0 bridgehead atoms. The van der Waals surface area contributed by atoms with E-state index in [1.807, 2.05) is 0 Å². The van der Waals surface area contributed by atoms with Crippen molar-refractivity contribution in [1.82, 2.24) is 5.32 Å². The minimum atomic E-state index is 0.541. The van der Waals surface area contributed by atoms with Crippen LogP contribution in [0.4, 0.5) is 0 Å². The van der Waals surface area contributed by atoms with Crippen molar-refractivity contribution < 1.29 is 4.74 Å². The maximum absolute atomic E-state index is 5.50. The van der Waals surface area contributed by atoms with Gasteiger partial charge in [0.05, 0.1) is 6.10 Å². The normalized spacial score (nSPS) is 29.8. The molecule has 0 heterocycles. The zero-order valence-electron chi connectivity index (χ0n) is 9.18. The quantitative estimate of drug-likeness (QED) is 0.685. The van der Waals surface area contributed by atoms with Crippen molar-refractivity contribution >= 4 is 0 Å². The Labute approximate surface area is 82.0 Å². The summed E-state index contributed by atoms with van der Waals surface area (Å²) in [6, 6.07) is 0.727. The number of hydrogen-bond donors (Lipinski definition) is 1. The lowest BCUT2D eigenvalue weighted by molar-refractivity contribution is -0.0104. The molecule has 0 aliphatic heterocycles. The Kier molecular flexibility index (Phi) is 4.74. The van der Waals surface area contributed by atoms with Crippen molar-refractivity contribution in [2.75, 3.05) is 13.2 Å². The van der Waals surface area contributed by atoms with Gasteiger partial charge in [-0.05, 0) is 32.2 Å². The Hall–Kier alpha value is -0.0800. The molecule has 1 N–H and O–H groups in total. The van der Waals surface area contributed by atoms with Crippen molar-refractivity contribution in [3.63, 3.8) is 0 Å². The predicted molar refractivity (Wildman–Crippen MR) is 55.9 cm³/mol. The summed E-state index contributed by atoms with van der Waals surface area (Å²) in [6.07, 6.45) is 4.24. The summed E-state index contributed by atoms with van der Waals surface area (Å²) in [5, 5.41) is 3.58. The van der Waals surface area contributed by atoms with Crippen LogP contribution in [0.5, 0.6) is 0 Å². The zero-order valence-corrected chi connectivity index (χ0v) is 9.18. The second kappa shape index (κ2) is 5.61. The summed E-state index contributed by atoms with van der Waals surface area (Å²) in [4.78, 5) is 0. The molecule has 13 heavy (non-hydrogen) atoms. The number of hydrogen-bond acceptors (Lipinski definition) is 2. The van der Waals surface area contributed by atoms with E-state index in [1.54, 1.807) is 0 Å². The molecule has 78 valence electrons. The first-order chi connectivity index (χ1) is 6.26. The lowest BCUT2D eigenvalue weighted by Crippen LogP contribution is -2.46. The minimum Gasteiger partial charge on any atom is -0.378 e. The van der Waals surface area contributed by atoms with Crippen LogP contribution < -0.4 is 5.32 Å². The molecule has 0 aromatic rings. The van der Waals surface area contributed by atoms with Gasteiger partial charge in [0.1, 0.15) is 0 Å². The third kappa shape index (κ3) is 3.65. The van der Waals surface area contributed by atoms with Gasteiger partial charge in [0.25, 0.3) is 0 Å².